The van der Waals surface area contributed by atoms with Gasteiger partial charge in [0.15, 0.2) is 0 Å². The Morgan fingerprint density at radius 2 is 1.53 bits per heavy atom. The molecule has 0 radical (unpaired) electrons. The number of hydrogen-bond donors (Lipinski definition) is 0. The number of aryl methyl sites for hydroxylation is 1. The molecule has 2 heterocycles. The summed E-state index contributed by atoms with van der Waals surface area (Å²) in [5, 5.41) is 0.634. The van der Waals surface area contributed by atoms with E-state index in [0.29, 0.717) is 29.7 Å². The molecule has 5 nitrogen and oxygen atoms in total. The summed E-state index contributed by atoms with van der Waals surface area (Å²) in [6.45, 7) is 6.61. The summed E-state index contributed by atoms with van der Waals surface area (Å²) in [6.07, 6.45) is 0.979. The topological polar surface area (TPSA) is 43.9 Å². The van der Waals surface area contributed by atoms with Crippen LogP contribution in [-0.2, 0) is 0 Å². The lowest BCUT2D eigenvalue weighted by Crippen LogP contribution is -2.52. The normalized spacial score (nSPS) is 19.9. The van der Waals surface area contributed by atoms with E-state index in [1.807, 2.05) is 34.9 Å². The predicted octanol–water partition coefficient (Wildman–Crippen LogP) is 4.08. The average Bonchev–Trinajstić information content (AvgIpc) is 3.25. The minimum Gasteiger partial charge on any atom is -0.337 e. The molecule has 2 aliphatic heterocycles. The molecule has 0 N–H and O–H groups in total. The third kappa shape index (κ3) is 4.56. The maximum atomic E-state index is 12.9. The first-order valence-electron chi connectivity index (χ1n) is 10.3. The summed E-state index contributed by atoms with van der Waals surface area (Å²) in [7, 11) is 0. The molecule has 2 fully saturated rings. The number of carbonyl (C=O) groups excluding carboxylic acids is 2. The molecule has 7 heteroatoms. The Morgan fingerprint density at radius 3 is 2.20 bits per heavy atom. The highest BCUT2D eigenvalue weighted by molar-refractivity contribution is 9.10. The van der Waals surface area contributed by atoms with E-state index in [1.54, 1.807) is 24.3 Å². The average molecular weight is 491 g/mol. The quantitative estimate of drug-likeness (QED) is 0.651. The van der Waals surface area contributed by atoms with Gasteiger partial charge in [-0.05, 0) is 61.4 Å². The molecule has 1 unspecified atom stereocenters. The molecular weight excluding hydrogens is 466 g/mol. The van der Waals surface area contributed by atoms with Gasteiger partial charge in [-0.3, -0.25) is 14.5 Å². The molecule has 2 amide bonds. The van der Waals surface area contributed by atoms with Gasteiger partial charge < -0.3 is 9.80 Å². The van der Waals surface area contributed by atoms with Gasteiger partial charge in [-0.15, -0.1) is 0 Å². The highest BCUT2D eigenvalue weighted by Crippen LogP contribution is 2.23. The van der Waals surface area contributed by atoms with Crippen LogP contribution in [0, 0.1) is 6.92 Å². The van der Waals surface area contributed by atoms with Crippen LogP contribution in [0.5, 0.6) is 0 Å². The number of hydrogen-bond acceptors (Lipinski definition) is 3. The van der Waals surface area contributed by atoms with Crippen LogP contribution in [0.3, 0.4) is 0 Å². The molecule has 0 spiro atoms. The van der Waals surface area contributed by atoms with Crippen molar-refractivity contribution in [1.29, 1.82) is 0 Å². The highest BCUT2D eigenvalue weighted by atomic mass is 79.9. The van der Waals surface area contributed by atoms with Gasteiger partial charge in [0.25, 0.3) is 11.8 Å². The van der Waals surface area contributed by atoms with Crippen molar-refractivity contribution in [3.8, 4) is 0 Å². The number of halogens is 2. The Morgan fingerprint density at radius 1 is 0.900 bits per heavy atom. The van der Waals surface area contributed by atoms with Gasteiger partial charge in [0.05, 0.1) is 0 Å². The monoisotopic (exact) mass is 489 g/mol. The second-order valence-corrected chi connectivity index (χ2v) is 9.28. The van der Waals surface area contributed by atoms with E-state index in [0.717, 1.165) is 48.2 Å². The predicted molar refractivity (Wildman–Crippen MR) is 122 cm³/mol. The molecule has 1 atom stereocenters. The maximum Gasteiger partial charge on any atom is 0.253 e. The number of piperazine rings is 1. The van der Waals surface area contributed by atoms with Gasteiger partial charge in [0, 0.05) is 65.9 Å². The van der Waals surface area contributed by atoms with Gasteiger partial charge in [0.1, 0.15) is 0 Å². The van der Waals surface area contributed by atoms with Crippen LogP contribution in [-0.4, -0.2) is 71.8 Å². The lowest BCUT2D eigenvalue weighted by atomic mass is 10.1. The van der Waals surface area contributed by atoms with E-state index in [-0.39, 0.29) is 11.8 Å². The van der Waals surface area contributed by atoms with Gasteiger partial charge in [-0.1, -0.05) is 27.5 Å². The summed E-state index contributed by atoms with van der Waals surface area (Å²) < 4.78 is 1.02. The maximum absolute atomic E-state index is 12.9. The van der Waals surface area contributed by atoms with E-state index in [4.69, 9.17) is 11.6 Å². The zero-order chi connectivity index (χ0) is 21.3. The molecule has 2 aliphatic rings. The molecule has 0 bridgehead atoms. The number of nitrogens with zero attached hydrogens (tertiary/aromatic N) is 3. The van der Waals surface area contributed by atoms with Crippen LogP contribution in [0.15, 0.2) is 46.9 Å². The van der Waals surface area contributed by atoms with Crippen molar-refractivity contribution < 1.29 is 9.59 Å². The Kier molecular flexibility index (Phi) is 6.46. The molecule has 0 aliphatic carbocycles. The molecule has 0 aromatic heterocycles. The highest BCUT2D eigenvalue weighted by Gasteiger charge is 2.33. The molecule has 2 aromatic carbocycles. The van der Waals surface area contributed by atoms with E-state index in [2.05, 4.69) is 20.8 Å². The third-order valence-electron chi connectivity index (χ3n) is 6.06. The molecule has 2 aromatic rings. The van der Waals surface area contributed by atoms with Crippen molar-refractivity contribution >= 4 is 39.3 Å². The van der Waals surface area contributed by atoms with Crippen LogP contribution in [0.2, 0.25) is 5.02 Å². The van der Waals surface area contributed by atoms with Gasteiger partial charge >= 0.3 is 0 Å². The van der Waals surface area contributed by atoms with Gasteiger partial charge in [-0.2, -0.15) is 0 Å². The van der Waals surface area contributed by atoms with Crippen molar-refractivity contribution in [3.05, 3.63) is 68.7 Å². The summed E-state index contributed by atoms with van der Waals surface area (Å²) >= 11 is 9.41. The van der Waals surface area contributed by atoms with Crippen molar-refractivity contribution in [2.24, 2.45) is 0 Å². The minimum absolute atomic E-state index is 0.0557. The van der Waals surface area contributed by atoms with Crippen molar-refractivity contribution in [3.63, 3.8) is 0 Å². The van der Waals surface area contributed by atoms with Crippen LogP contribution in [0.1, 0.15) is 32.7 Å². The van der Waals surface area contributed by atoms with Crippen molar-refractivity contribution in [2.45, 2.75) is 19.4 Å². The first-order chi connectivity index (χ1) is 14.4. The lowest BCUT2D eigenvalue weighted by molar-refractivity contribution is 0.0568. The summed E-state index contributed by atoms with van der Waals surface area (Å²) in [6, 6.07) is 13.2. The fourth-order valence-electron chi connectivity index (χ4n) is 4.25. The SMILES string of the molecule is Cc1cc(C(=O)N2CCC(N3CCN(C(=O)c4ccc(Cl)cc4)CC3)C2)ccc1Br. The van der Waals surface area contributed by atoms with E-state index < -0.39 is 0 Å². The van der Waals surface area contributed by atoms with Crippen molar-refractivity contribution in [2.75, 3.05) is 39.3 Å². The first-order valence-corrected chi connectivity index (χ1v) is 11.4. The number of carbonyl (C=O) groups is 2. The standard InChI is InChI=1S/C23H25BrClN3O2/c1-16-14-18(4-7-21(16)24)23(30)28-9-8-20(15-28)26-10-12-27(13-11-26)22(29)17-2-5-19(25)6-3-17/h2-7,14,20H,8-13,15H2,1H3. The summed E-state index contributed by atoms with van der Waals surface area (Å²) in [5.41, 5.74) is 2.49. The molecule has 158 valence electrons. The van der Waals surface area contributed by atoms with E-state index >= 15 is 0 Å². The second kappa shape index (κ2) is 9.08. The second-order valence-electron chi connectivity index (χ2n) is 7.99. The fraction of sp³-hybridized carbons (Fsp3) is 0.391. The van der Waals surface area contributed by atoms with Crippen LogP contribution in [0.4, 0.5) is 0 Å². The zero-order valence-electron chi connectivity index (χ0n) is 17.0. The molecular formula is C23H25BrClN3O2. The number of benzene rings is 2. The smallest absolute Gasteiger partial charge is 0.253 e. The number of amides is 2. The van der Waals surface area contributed by atoms with Crippen LogP contribution >= 0.6 is 27.5 Å². The molecule has 2 saturated heterocycles. The lowest BCUT2D eigenvalue weighted by Gasteiger charge is -2.38. The molecule has 4 rings (SSSR count). The van der Waals surface area contributed by atoms with Gasteiger partial charge in [-0.25, -0.2) is 0 Å². The fourth-order valence-corrected chi connectivity index (χ4v) is 4.62. The molecule has 0 saturated carbocycles. The van der Waals surface area contributed by atoms with Crippen LogP contribution in [0.25, 0.3) is 0 Å². The summed E-state index contributed by atoms with van der Waals surface area (Å²) in [5.74, 6) is 0.157. The number of likely N-dealkylation sites (tertiary alicyclic amines) is 1. The van der Waals surface area contributed by atoms with E-state index in [9.17, 15) is 9.59 Å². The minimum atomic E-state index is 0.0557. The Bertz CT molecular complexity index is 942. The molecule has 30 heavy (non-hydrogen) atoms. The Labute approximate surface area is 190 Å². The zero-order valence-corrected chi connectivity index (χ0v) is 19.3. The third-order valence-corrected chi connectivity index (χ3v) is 7.21. The summed E-state index contributed by atoms with van der Waals surface area (Å²) in [4.78, 5) is 31.9. The van der Waals surface area contributed by atoms with Gasteiger partial charge in [0.2, 0.25) is 0 Å². The number of rotatable bonds is 3. The Balaban J connectivity index is 1.31. The van der Waals surface area contributed by atoms with Crippen LogP contribution < -0.4 is 0 Å². The largest absolute Gasteiger partial charge is 0.337 e. The first kappa shape index (κ1) is 21.3. The Hall–Kier alpha value is -1.89. The van der Waals surface area contributed by atoms with Crippen molar-refractivity contribution in [1.82, 2.24) is 14.7 Å². The van der Waals surface area contributed by atoms with E-state index in [1.165, 1.54) is 0 Å².